The lowest BCUT2D eigenvalue weighted by atomic mass is 9.84. The number of hydrogen-bond acceptors (Lipinski definition) is 4. The molecule has 210 valence electrons. The number of hydrogen-bond donors (Lipinski definition) is 4. The van der Waals surface area contributed by atoms with Crippen LogP contribution in [0.5, 0.6) is 0 Å². The third-order valence-corrected chi connectivity index (χ3v) is 6.41. The molecule has 10 heteroatoms. The third-order valence-electron chi connectivity index (χ3n) is 6.41. The lowest BCUT2D eigenvalue weighted by molar-refractivity contribution is -0.132. The summed E-state index contributed by atoms with van der Waals surface area (Å²) in [5.74, 6) is -6.47. The first kappa shape index (κ1) is 29.9. The second-order valence-corrected chi connectivity index (χ2v) is 9.56. The van der Waals surface area contributed by atoms with Gasteiger partial charge in [-0.05, 0) is 16.7 Å². The van der Waals surface area contributed by atoms with Crippen LogP contribution in [-0.4, -0.2) is 35.7 Å². The number of rotatable bonds is 13. The van der Waals surface area contributed by atoms with Crippen LogP contribution in [0.1, 0.15) is 47.9 Å². The quantitative estimate of drug-likeness (QED) is 0.259. The summed E-state index contributed by atoms with van der Waals surface area (Å²) in [4.78, 5) is 50.2. The van der Waals surface area contributed by atoms with Crippen LogP contribution in [0.3, 0.4) is 0 Å². The molecule has 0 aliphatic carbocycles. The summed E-state index contributed by atoms with van der Waals surface area (Å²) >= 11 is 0. The molecular formula is C30H32F2N4O4. The standard InChI is InChI=1S/C30H32F2N4O4/c1-30(31,32)22-14-12-19(13-15-22)18-23(28(34)39)35-29(40)27(36-25(38)17-16-24(33)37)26(20-8-4-2-5-9-20)21-10-6-3-7-11-21/h2-15,23,26-27H,16-18H2,1H3,(H2,33,37)(H2,34,39)(H,35,40)(H,36,38)/t23-,27+/m0/s1. The van der Waals surface area contributed by atoms with Gasteiger partial charge in [0, 0.05) is 37.7 Å². The molecule has 8 nitrogen and oxygen atoms in total. The molecule has 0 aromatic heterocycles. The van der Waals surface area contributed by atoms with Crippen molar-refractivity contribution in [1.29, 1.82) is 0 Å². The molecule has 3 aromatic rings. The molecule has 0 aliphatic rings. The summed E-state index contributed by atoms with van der Waals surface area (Å²) in [6, 6.07) is 21.0. The molecule has 0 aliphatic heterocycles. The number of primary amides is 2. The summed E-state index contributed by atoms with van der Waals surface area (Å²) in [5, 5.41) is 5.34. The van der Waals surface area contributed by atoms with Gasteiger partial charge in [0.25, 0.3) is 5.92 Å². The summed E-state index contributed by atoms with van der Waals surface area (Å²) in [6.07, 6.45) is -0.498. The zero-order valence-electron chi connectivity index (χ0n) is 22.0. The van der Waals surface area contributed by atoms with Gasteiger partial charge in [0.2, 0.25) is 23.6 Å². The van der Waals surface area contributed by atoms with E-state index in [1.54, 1.807) is 24.3 Å². The van der Waals surface area contributed by atoms with Gasteiger partial charge in [-0.15, -0.1) is 0 Å². The van der Waals surface area contributed by atoms with E-state index in [1.165, 1.54) is 24.3 Å². The number of halogens is 2. The van der Waals surface area contributed by atoms with Gasteiger partial charge in [-0.3, -0.25) is 19.2 Å². The van der Waals surface area contributed by atoms with Crippen molar-refractivity contribution in [1.82, 2.24) is 10.6 Å². The average molecular weight is 551 g/mol. The van der Waals surface area contributed by atoms with Gasteiger partial charge in [0.15, 0.2) is 0 Å². The number of nitrogens with one attached hydrogen (secondary N) is 2. The fourth-order valence-electron chi connectivity index (χ4n) is 4.33. The Bertz CT molecular complexity index is 1270. The van der Waals surface area contributed by atoms with Crippen molar-refractivity contribution in [3.63, 3.8) is 0 Å². The Hall–Kier alpha value is -4.60. The Morgan fingerprint density at radius 3 is 1.75 bits per heavy atom. The van der Waals surface area contributed by atoms with Crippen LogP contribution in [0.4, 0.5) is 8.78 Å². The van der Waals surface area contributed by atoms with Crippen molar-refractivity contribution in [2.75, 3.05) is 0 Å². The zero-order valence-corrected chi connectivity index (χ0v) is 22.0. The number of nitrogens with two attached hydrogens (primary N) is 2. The van der Waals surface area contributed by atoms with Crippen LogP contribution in [0.15, 0.2) is 84.9 Å². The van der Waals surface area contributed by atoms with E-state index in [9.17, 15) is 28.0 Å². The van der Waals surface area contributed by atoms with E-state index in [1.807, 2.05) is 36.4 Å². The predicted octanol–water partition coefficient (Wildman–Crippen LogP) is 2.89. The van der Waals surface area contributed by atoms with E-state index < -0.39 is 47.6 Å². The fourth-order valence-corrected chi connectivity index (χ4v) is 4.33. The highest BCUT2D eigenvalue weighted by Crippen LogP contribution is 2.29. The normalized spacial score (nSPS) is 12.8. The van der Waals surface area contributed by atoms with Gasteiger partial charge in [-0.1, -0.05) is 84.9 Å². The van der Waals surface area contributed by atoms with E-state index in [-0.39, 0.29) is 24.8 Å². The maximum atomic E-state index is 13.8. The second kappa shape index (κ2) is 13.5. The van der Waals surface area contributed by atoms with Crippen molar-refractivity contribution < 1.29 is 28.0 Å². The van der Waals surface area contributed by atoms with Gasteiger partial charge >= 0.3 is 0 Å². The number of carbonyl (C=O) groups excluding carboxylic acids is 4. The van der Waals surface area contributed by atoms with E-state index in [0.29, 0.717) is 5.56 Å². The fraction of sp³-hybridized carbons (Fsp3) is 0.267. The molecule has 0 saturated heterocycles. The van der Waals surface area contributed by atoms with Crippen molar-refractivity contribution in [2.45, 2.75) is 50.1 Å². The first-order chi connectivity index (χ1) is 19.0. The Balaban J connectivity index is 1.94. The van der Waals surface area contributed by atoms with E-state index in [4.69, 9.17) is 11.5 Å². The Kier molecular flexibility index (Phi) is 10.1. The molecule has 0 bridgehead atoms. The smallest absolute Gasteiger partial charge is 0.270 e. The van der Waals surface area contributed by atoms with E-state index in [2.05, 4.69) is 10.6 Å². The molecule has 3 rings (SSSR count). The van der Waals surface area contributed by atoms with Gasteiger partial charge in [0.05, 0.1) is 0 Å². The Labute approximate surface area is 231 Å². The molecule has 0 radical (unpaired) electrons. The minimum atomic E-state index is -3.03. The van der Waals surface area contributed by atoms with Crippen LogP contribution in [-0.2, 0) is 31.5 Å². The highest BCUT2D eigenvalue weighted by molar-refractivity contribution is 5.93. The van der Waals surface area contributed by atoms with Gasteiger partial charge < -0.3 is 22.1 Å². The number of amides is 4. The van der Waals surface area contributed by atoms with Gasteiger partial charge in [-0.2, -0.15) is 0 Å². The SMILES string of the molecule is CC(F)(F)c1ccc(C[C@H](NC(=O)[C@H](NC(=O)CCC(N)=O)C(c2ccccc2)c2ccccc2)C(N)=O)cc1. The Morgan fingerprint density at radius 1 is 0.775 bits per heavy atom. The number of alkyl halides is 2. The monoisotopic (exact) mass is 550 g/mol. The van der Waals surface area contributed by atoms with E-state index >= 15 is 0 Å². The van der Waals surface area contributed by atoms with Crippen LogP contribution in [0, 0.1) is 0 Å². The summed E-state index contributed by atoms with van der Waals surface area (Å²) in [6.45, 7) is 0.780. The van der Waals surface area contributed by atoms with Crippen LogP contribution >= 0.6 is 0 Å². The maximum Gasteiger partial charge on any atom is 0.270 e. The van der Waals surface area contributed by atoms with Gasteiger partial charge in [-0.25, -0.2) is 8.78 Å². The molecule has 0 heterocycles. The molecule has 0 fully saturated rings. The van der Waals surface area contributed by atoms with Gasteiger partial charge in [0.1, 0.15) is 12.1 Å². The van der Waals surface area contributed by atoms with Crippen LogP contribution in [0.25, 0.3) is 0 Å². The van der Waals surface area contributed by atoms with Crippen molar-refractivity contribution >= 4 is 23.6 Å². The molecule has 4 amide bonds. The number of benzene rings is 3. The summed E-state index contributed by atoms with van der Waals surface area (Å²) in [5.41, 5.74) is 12.5. The minimum absolute atomic E-state index is 0.0552. The largest absolute Gasteiger partial charge is 0.370 e. The van der Waals surface area contributed by atoms with Crippen LogP contribution in [0.2, 0.25) is 0 Å². The lowest BCUT2D eigenvalue weighted by Gasteiger charge is -2.29. The molecule has 0 saturated carbocycles. The minimum Gasteiger partial charge on any atom is -0.370 e. The predicted molar refractivity (Wildman–Crippen MR) is 146 cm³/mol. The average Bonchev–Trinajstić information content (AvgIpc) is 2.92. The Morgan fingerprint density at radius 2 is 1.30 bits per heavy atom. The molecule has 0 spiro atoms. The number of carbonyl (C=O) groups is 4. The third kappa shape index (κ3) is 8.45. The second-order valence-electron chi connectivity index (χ2n) is 9.56. The highest BCUT2D eigenvalue weighted by atomic mass is 19.3. The zero-order chi connectivity index (χ0) is 29.3. The first-order valence-electron chi connectivity index (χ1n) is 12.7. The molecule has 3 aromatic carbocycles. The summed E-state index contributed by atoms with van der Waals surface area (Å²) in [7, 11) is 0. The van der Waals surface area contributed by atoms with Crippen LogP contribution < -0.4 is 22.1 Å². The van der Waals surface area contributed by atoms with Crippen molar-refractivity contribution in [3.05, 3.63) is 107 Å². The van der Waals surface area contributed by atoms with Crippen molar-refractivity contribution in [3.8, 4) is 0 Å². The molecule has 6 N–H and O–H groups in total. The topological polar surface area (TPSA) is 144 Å². The van der Waals surface area contributed by atoms with E-state index in [0.717, 1.165) is 18.1 Å². The maximum absolute atomic E-state index is 13.8. The molecule has 0 unspecified atom stereocenters. The first-order valence-corrected chi connectivity index (χ1v) is 12.7. The summed E-state index contributed by atoms with van der Waals surface area (Å²) < 4.78 is 27.2. The highest BCUT2D eigenvalue weighted by Gasteiger charge is 2.34. The molecule has 2 atom stereocenters. The van der Waals surface area contributed by atoms with Crippen molar-refractivity contribution in [2.24, 2.45) is 11.5 Å². The lowest BCUT2D eigenvalue weighted by Crippen LogP contribution is -2.55. The molecular weight excluding hydrogens is 518 g/mol. The molecule has 40 heavy (non-hydrogen) atoms.